The van der Waals surface area contributed by atoms with Crippen LogP contribution in [0.4, 0.5) is 18.0 Å². The number of alkyl halides is 3. The van der Waals surface area contributed by atoms with Gasteiger partial charge in [-0.3, -0.25) is 10.1 Å². The van der Waals surface area contributed by atoms with Crippen molar-refractivity contribution >= 4 is 34.7 Å². The summed E-state index contributed by atoms with van der Waals surface area (Å²) in [5.74, 6) is -0.614. The molecule has 0 saturated carbocycles. The van der Waals surface area contributed by atoms with Gasteiger partial charge in [0, 0.05) is 0 Å². The Morgan fingerprint density at radius 1 is 1.21 bits per heavy atom. The van der Waals surface area contributed by atoms with Gasteiger partial charge in [0.05, 0.1) is 28.4 Å². The van der Waals surface area contributed by atoms with E-state index in [9.17, 15) is 22.8 Å². The number of benzene rings is 2. The molecule has 0 aliphatic heterocycles. The summed E-state index contributed by atoms with van der Waals surface area (Å²) in [6.07, 6.45) is -4.49. The predicted octanol–water partition coefficient (Wildman–Crippen LogP) is 3.78. The summed E-state index contributed by atoms with van der Waals surface area (Å²) in [6.45, 7) is 1.91. The molecule has 3 rings (SSSR count). The van der Waals surface area contributed by atoms with Gasteiger partial charge < -0.3 is 10.3 Å². The Morgan fingerprint density at radius 3 is 2.52 bits per heavy atom. The van der Waals surface area contributed by atoms with Crippen LogP contribution >= 0.6 is 11.8 Å². The predicted molar refractivity (Wildman–Crippen MR) is 103 cm³/mol. The van der Waals surface area contributed by atoms with Gasteiger partial charge in [-0.15, -0.1) is 0 Å². The molecule has 2 aromatic carbocycles. The fourth-order valence-corrected chi connectivity index (χ4v) is 3.65. The molecule has 1 atom stereocenters. The van der Waals surface area contributed by atoms with Crippen molar-refractivity contribution in [2.75, 3.05) is 0 Å². The highest BCUT2D eigenvalue weighted by atomic mass is 32.2. The molecule has 1 heterocycles. The Bertz CT molecular complexity index is 1050. The third-order valence-corrected chi connectivity index (χ3v) is 5.21. The summed E-state index contributed by atoms with van der Waals surface area (Å²) in [5, 5.41) is 1.60. The van der Waals surface area contributed by atoms with E-state index in [4.69, 9.17) is 5.73 Å². The number of carbonyl (C=O) groups is 2. The first-order valence-electron chi connectivity index (χ1n) is 8.53. The Kier molecular flexibility index (Phi) is 5.83. The third kappa shape index (κ3) is 4.89. The SMILES string of the molecule is C[C@H](Sc1nc2cc(C(F)(F)F)ccc2n1Cc1ccccc1)C(=O)NC(N)=O. The van der Waals surface area contributed by atoms with Crippen LogP contribution in [0.5, 0.6) is 0 Å². The van der Waals surface area contributed by atoms with E-state index < -0.39 is 28.9 Å². The van der Waals surface area contributed by atoms with Crippen LogP contribution in [-0.2, 0) is 17.5 Å². The van der Waals surface area contributed by atoms with Crippen LogP contribution < -0.4 is 11.1 Å². The number of hydrogen-bond donors (Lipinski definition) is 2. The lowest BCUT2D eigenvalue weighted by Crippen LogP contribution is -2.39. The molecule has 0 fully saturated rings. The summed E-state index contributed by atoms with van der Waals surface area (Å²) in [7, 11) is 0. The van der Waals surface area contributed by atoms with Crippen molar-refractivity contribution in [1.29, 1.82) is 0 Å². The van der Waals surface area contributed by atoms with Crippen molar-refractivity contribution in [1.82, 2.24) is 14.9 Å². The van der Waals surface area contributed by atoms with Crippen molar-refractivity contribution in [2.45, 2.75) is 30.1 Å². The normalized spacial score (nSPS) is 12.7. The zero-order valence-corrected chi connectivity index (χ0v) is 16.1. The Balaban J connectivity index is 2.02. The number of nitrogens with one attached hydrogen (secondary N) is 1. The Morgan fingerprint density at radius 2 is 1.90 bits per heavy atom. The van der Waals surface area contributed by atoms with Crippen LogP contribution in [0.1, 0.15) is 18.1 Å². The summed E-state index contributed by atoms with van der Waals surface area (Å²) in [4.78, 5) is 27.2. The molecule has 3 amide bonds. The smallest absolute Gasteiger partial charge is 0.351 e. The lowest BCUT2D eigenvalue weighted by atomic mass is 10.2. The summed E-state index contributed by atoms with van der Waals surface area (Å²) < 4.78 is 41.0. The largest absolute Gasteiger partial charge is 0.416 e. The molecule has 3 N–H and O–H groups in total. The van der Waals surface area contributed by atoms with Crippen LogP contribution in [-0.4, -0.2) is 26.7 Å². The highest BCUT2D eigenvalue weighted by Crippen LogP contribution is 2.34. The second-order valence-electron chi connectivity index (χ2n) is 6.28. The lowest BCUT2D eigenvalue weighted by Gasteiger charge is -2.13. The zero-order chi connectivity index (χ0) is 21.2. The maximum Gasteiger partial charge on any atom is 0.416 e. The fourth-order valence-electron chi connectivity index (χ4n) is 2.73. The average molecular weight is 422 g/mol. The maximum absolute atomic E-state index is 13.1. The van der Waals surface area contributed by atoms with E-state index in [0.29, 0.717) is 17.2 Å². The number of imide groups is 1. The van der Waals surface area contributed by atoms with Crippen LogP contribution in [0.2, 0.25) is 0 Å². The first kappa shape index (κ1) is 20.7. The van der Waals surface area contributed by atoms with Crippen molar-refractivity contribution in [3.8, 4) is 0 Å². The van der Waals surface area contributed by atoms with Crippen molar-refractivity contribution in [3.63, 3.8) is 0 Å². The van der Waals surface area contributed by atoms with Crippen LogP contribution in [0.15, 0.2) is 53.7 Å². The van der Waals surface area contributed by atoms with Crippen molar-refractivity contribution in [3.05, 3.63) is 59.7 Å². The summed E-state index contributed by atoms with van der Waals surface area (Å²) in [6, 6.07) is 11.7. The van der Waals surface area contributed by atoms with Crippen LogP contribution in [0.3, 0.4) is 0 Å². The molecule has 3 aromatic rings. The number of urea groups is 1. The first-order chi connectivity index (χ1) is 13.6. The molecule has 0 aliphatic rings. The van der Waals surface area contributed by atoms with Gasteiger partial charge in [-0.25, -0.2) is 9.78 Å². The summed E-state index contributed by atoms with van der Waals surface area (Å²) in [5.41, 5.74) is 5.76. The molecule has 0 saturated heterocycles. The van der Waals surface area contributed by atoms with Gasteiger partial charge in [-0.2, -0.15) is 13.2 Å². The molecule has 152 valence electrons. The highest BCUT2D eigenvalue weighted by Gasteiger charge is 2.31. The van der Waals surface area contributed by atoms with E-state index in [-0.39, 0.29) is 5.52 Å². The van der Waals surface area contributed by atoms with E-state index in [2.05, 4.69) is 4.98 Å². The Hall–Kier alpha value is -3.01. The standard InChI is InChI=1S/C19H17F3N4O2S/c1-11(16(27)25-17(23)28)29-18-24-14-9-13(19(20,21)22)7-8-15(14)26(18)10-12-5-3-2-4-6-12/h2-9,11H,10H2,1H3,(H3,23,25,27,28)/t11-/m0/s1. The number of rotatable bonds is 5. The van der Waals surface area contributed by atoms with Crippen LogP contribution in [0, 0.1) is 0 Å². The Labute approximate surface area is 168 Å². The topological polar surface area (TPSA) is 90.0 Å². The first-order valence-corrected chi connectivity index (χ1v) is 9.41. The number of halogens is 3. The number of carbonyl (C=O) groups excluding carboxylic acids is 2. The number of fused-ring (bicyclic) bond motifs is 1. The molecular formula is C19H17F3N4O2S. The average Bonchev–Trinajstić information content (AvgIpc) is 2.97. The van der Waals surface area contributed by atoms with E-state index in [0.717, 1.165) is 29.5 Å². The van der Waals surface area contributed by atoms with Gasteiger partial charge >= 0.3 is 12.2 Å². The number of nitrogens with two attached hydrogens (primary N) is 1. The molecule has 10 heteroatoms. The zero-order valence-electron chi connectivity index (χ0n) is 15.2. The second-order valence-corrected chi connectivity index (χ2v) is 7.59. The highest BCUT2D eigenvalue weighted by molar-refractivity contribution is 8.00. The van der Waals surface area contributed by atoms with Crippen molar-refractivity contribution in [2.24, 2.45) is 5.73 Å². The number of primary amides is 1. The molecule has 0 spiro atoms. The number of imidazole rings is 1. The van der Waals surface area contributed by atoms with Crippen LogP contribution in [0.25, 0.3) is 11.0 Å². The number of amides is 3. The molecule has 1 aromatic heterocycles. The minimum absolute atomic E-state index is 0.167. The molecule has 0 radical (unpaired) electrons. The number of hydrogen-bond acceptors (Lipinski definition) is 4. The third-order valence-electron chi connectivity index (χ3n) is 4.12. The van der Waals surface area contributed by atoms with Gasteiger partial charge in [-0.05, 0) is 30.7 Å². The molecule has 0 aliphatic carbocycles. The minimum atomic E-state index is -4.49. The summed E-state index contributed by atoms with van der Waals surface area (Å²) >= 11 is 1.03. The van der Waals surface area contributed by atoms with Gasteiger partial charge in [0.15, 0.2) is 5.16 Å². The van der Waals surface area contributed by atoms with Gasteiger partial charge in [-0.1, -0.05) is 42.1 Å². The van der Waals surface area contributed by atoms with E-state index >= 15 is 0 Å². The number of aromatic nitrogens is 2. The van der Waals surface area contributed by atoms with Crippen molar-refractivity contribution < 1.29 is 22.8 Å². The molecular weight excluding hydrogens is 405 g/mol. The maximum atomic E-state index is 13.1. The van der Waals surface area contributed by atoms with E-state index in [1.807, 2.05) is 35.6 Å². The quantitative estimate of drug-likeness (QED) is 0.613. The number of nitrogens with zero attached hydrogens (tertiary/aromatic N) is 2. The second kappa shape index (κ2) is 8.16. The van der Waals surface area contributed by atoms with E-state index in [1.54, 1.807) is 11.5 Å². The molecule has 0 unspecified atom stereocenters. The molecule has 0 bridgehead atoms. The lowest BCUT2D eigenvalue weighted by molar-refractivity contribution is -0.137. The fraction of sp³-hybridized carbons (Fsp3) is 0.211. The van der Waals surface area contributed by atoms with Gasteiger partial charge in [0.1, 0.15) is 0 Å². The van der Waals surface area contributed by atoms with Gasteiger partial charge in [0.25, 0.3) is 0 Å². The van der Waals surface area contributed by atoms with E-state index in [1.165, 1.54) is 6.07 Å². The molecule has 6 nitrogen and oxygen atoms in total. The number of thioether (sulfide) groups is 1. The molecule has 29 heavy (non-hydrogen) atoms. The van der Waals surface area contributed by atoms with Gasteiger partial charge in [0.2, 0.25) is 5.91 Å². The minimum Gasteiger partial charge on any atom is -0.351 e. The monoisotopic (exact) mass is 422 g/mol.